The summed E-state index contributed by atoms with van der Waals surface area (Å²) in [6, 6.07) is 13.5. The molecule has 1 atom stereocenters. The number of aromatic nitrogens is 2. The van der Waals surface area contributed by atoms with Crippen LogP contribution in [0.15, 0.2) is 54.1 Å². The fraction of sp³-hybridized carbons (Fsp3) is 0.378. The number of rotatable bonds is 15. The van der Waals surface area contributed by atoms with Crippen LogP contribution in [-0.4, -0.2) is 73.5 Å². The van der Waals surface area contributed by atoms with Crippen molar-refractivity contribution in [2.75, 3.05) is 34.5 Å². The number of benzene rings is 3. The summed E-state index contributed by atoms with van der Waals surface area (Å²) < 4.78 is 55.2. The van der Waals surface area contributed by atoms with Gasteiger partial charge in [0, 0.05) is 18.1 Å². The van der Waals surface area contributed by atoms with Crippen LogP contribution in [0.5, 0.6) is 28.7 Å². The maximum Gasteiger partial charge on any atom is 0.411 e. The van der Waals surface area contributed by atoms with Gasteiger partial charge >= 0.3 is 23.8 Å². The molecule has 0 saturated carbocycles. The van der Waals surface area contributed by atoms with E-state index in [0.29, 0.717) is 45.2 Å². The molecular weight excluding hydrogens is 694 g/mol. The maximum absolute atomic E-state index is 14.3. The zero-order valence-electron chi connectivity index (χ0n) is 30.2. The molecule has 15 heteroatoms. The van der Waals surface area contributed by atoms with Crippen molar-refractivity contribution in [1.82, 2.24) is 14.1 Å². The van der Waals surface area contributed by atoms with Crippen molar-refractivity contribution >= 4 is 46.4 Å². The molecular formula is C37H41N3O11S. The van der Waals surface area contributed by atoms with Crippen molar-refractivity contribution in [3.63, 3.8) is 0 Å². The zero-order valence-corrected chi connectivity index (χ0v) is 31.0. The van der Waals surface area contributed by atoms with Gasteiger partial charge in [-0.15, -0.1) is 0 Å². The molecule has 0 radical (unpaired) electrons. The molecule has 1 N–H and O–H groups in total. The lowest BCUT2D eigenvalue weighted by Gasteiger charge is -2.32. The number of carbonyl (C=O) groups excluding carboxylic acids is 3. The lowest BCUT2D eigenvalue weighted by molar-refractivity contribution is -0.185. The number of ether oxygens (including phenoxy) is 8. The number of hydrogen-bond acceptors (Lipinski definition) is 14. The monoisotopic (exact) mass is 735 g/mol. The number of carbonyl (C=O) groups is 3. The van der Waals surface area contributed by atoms with E-state index in [1.54, 1.807) is 55.5 Å². The largest absolute Gasteiger partial charge is 0.497 e. The van der Waals surface area contributed by atoms with E-state index in [4.69, 9.17) is 37.9 Å². The van der Waals surface area contributed by atoms with E-state index in [9.17, 15) is 14.4 Å². The fourth-order valence-electron chi connectivity index (χ4n) is 5.70. The summed E-state index contributed by atoms with van der Waals surface area (Å²) in [6.07, 6.45) is -1.54. The first-order chi connectivity index (χ1) is 24.9. The fourth-order valence-corrected chi connectivity index (χ4v) is 6.21. The zero-order chi connectivity index (χ0) is 37.6. The van der Waals surface area contributed by atoms with Crippen LogP contribution in [0.2, 0.25) is 0 Å². The van der Waals surface area contributed by atoms with Gasteiger partial charge in [-0.3, -0.25) is 4.79 Å². The second-order valence-electron chi connectivity index (χ2n) is 12.1. The molecule has 0 bridgehead atoms. The van der Waals surface area contributed by atoms with Gasteiger partial charge in [0.2, 0.25) is 5.75 Å². The Bertz CT molecular complexity index is 1990. The van der Waals surface area contributed by atoms with Crippen molar-refractivity contribution in [2.45, 2.75) is 59.0 Å². The molecule has 14 nitrogen and oxygen atoms in total. The van der Waals surface area contributed by atoms with Gasteiger partial charge in [-0.2, -0.15) is 8.75 Å². The summed E-state index contributed by atoms with van der Waals surface area (Å²) in [7, 11) is 4.42. The highest BCUT2D eigenvalue weighted by atomic mass is 32.1. The maximum atomic E-state index is 14.3. The number of esters is 2. The first-order valence-corrected chi connectivity index (χ1v) is 17.2. The van der Waals surface area contributed by atoms with E-state index in [0.717, 1.165) is 11.7 Å². The average Bonchev–Trinajstić information content (AvgIpc) is 3.69. The molecule has 2 heterocycles. The summed E-state index contributed by atoms with van der Waals surface area (Å²) in [5.74, 6) is -1.90. The Labute approximate surface area is 305 Å². The molecule has 1 aliphatic rings. The third-order valence-corrected chi connectivity index (χ3v) is 8.32. The highest BCUT2D eigenvalue weighted by Gasteiger charge is 2.54. The highest BCUT2D eigenvalue weighted by molar-refractivity contribution is 7.00. The van der Waals surface area contributed by atoms with Crippen molar-refractivity contribution in [1.29, 1.82) is 0 Å². The van der Waals surface area contributed by atoms with Gasteiger partial charge in [-0.05, 0) is 82.1 Å². The van der Waals surface area contributed by atoms with Gasteiger partial charge in [-0.1, -0.05) is 6.07 Å². The third kappa shape index (κ3) is 7.99. The van der Waals surface area contributed by atoms with Gasteiger partial charge in [-0.25, -0.2) is 9.59 Å². The van der Waals surface area contributed by atoms with Crippen LogP contribution >= 0.6 is 11.7 Å². The molecule has 5 rings (SSSR count). The van der Waals surface area contributed by atoms with Gasteiger partial charge in [0.25, 0.3) is 0 Å². The average molecular weight is 736 g/mol. The second-order valence-corrected chi connectivity index (χ2v) is 12.6. The molecule has 0 fully saturated rings. The Morgan fingerprint density at radius 1 is 0.865 bits per heavy atom. The van der Waals surface area contributed by atoms with Gasteiger partial charge in [0.1, 0.15) is 29.1 Å². The smallest absolute Gasteiger partial charge is 0.411 e. The minimum absolute atomic E-state index is 0.0401. The molecule has 3 aromatic carbocycles. The van der Waals surface area contributed by atoms with Crippen LogP contribution in [0.3, 0.4) is 0 Å². The topological polar surface area (TPSA) is 163 Å². The Kier molecular flexibility index (Phi) is 11.7. The number of cyclic esters (lactones) is 1. The Hall–Kier alpha value is -5.57. The predicted octanol–water partition coefficient (Wildman–Crippen LogP) is 5.99. The number of alkyl carbamates (subject to hydrolysis) is 1. The number of methoxy groups -OCH3 is 3. The van der Waals surface area contributed by atoms with Gasteiger partial charge in [0.15, 0.2) is 11.5 Å². The lowest BCUT2D eigenvalue weighted by atomic mass is 9.87. The molecule has 1 unspecified atom stereocenters. The molecule has 52 heavy (non-hydrogen) atoms. The summed E-state index contributed by atoms with van der Waals surface area (Å²) in [6.45, 7) is 8.81. The quantitative estimate of drug-likeness (QED) is 0.142. The molecule has 1 aliphatic heterocycles. The summed E-state index contributed by atoms with van der Waals surface area (Å²) in [5.41, 5.74) is 2.74. The summed E-state index contributed by atoms with van der Waals surface area (Å²) in [5, 5.41) is 2.41. The molecule has 0 aliphatic carbocycles. The molecule has 4 aromatic rings. The number of nitrogens with one attached hydrogen (secondary N) is 1. The highest BCUT2D eigenvalue weighted by Crippen LogP contribution is 2.51. The number of nitrogens with zero attached hydrogens (tertiary/aromatic N) is 2. The number of amides is 1. The normalized spacial score (nSPS) is 15.5. The minimum atomic E-state index is -2.22. The van der Waals surface area contributed by atoms with Crippen LogP contribution in [0.25, 0.3) is 16.6 Å². The van der Waals surface area contributed by atoms with E-state index < -0.39 is 30.4 Å². The van der Waals surface area contributed by atoms with Crippen LogP contribution < -0.4 is 29.0 Å². The lowest BCUT2D eigenvalue weighted by Crippen LogP contribution is -2.41. The first-order valence-electron chi connectivity index (χ1n) is 16.5. The van der Waals surface area contributed by atoms with Crippen molar-refractivity contribution in [3.05, 3.63) is 70.8 Å². The third-order valence-electron chi connectivity index (χ3n) is 7.76. The van der Waals surface area contributed by atoms with Crippen molar-refractivity contribution < 1.29 is 52.3 Å². The second kappa shape index (κ2) is 16.2. The SMILES string of the molecule is CCOC(=O)CNC(=O)OC1(c2ccc(OC)cc2OC)OC(=O)C(c2ccc3nsnc3c2)=C1Cc1cc(OC)c(OC(C)C)c(OC(C)C)c1. The van der Waals surface area contributed by atoms with E-state index in [2.05, 4.69) is 14.1 Å². The molecule has 276 valence electrons. The Balaban J connectivity index is 1.78. The van der Waals surface area contributed by atoms with Crippen molar-refractivity contribution in [3.8, 4) is 28.7 Å². The predicted molar refractivity (Wildman–Crippen MR) is 191 cm³/mol. The van der Waals surface area contributed by atoms with Gasteiger partial charge < -0.3 is 43.2 Å². The van der Waals surface area contributed by atoms with E-state index >= 15 is 0 Å². The Morgan fingerprint density at radius 2 is 1.58 bits per heavy atom. The minimum Gasteiger partial charge on any atom is -0.497 e. The van der Waals surface area contributed by atoms with E-state index in [1.807, 2.05) is 27.7 Å². The number of fused-ring (bicyclic) bond motifs is 1. The standard InChI is InChI=1S/C37H41N3O11S/c1-9-47-32(41)19-38-36(43)51-37(25-12-11-24(44-6)18-29(25)45-7)26(33(35(42)50-37)23-10-13-27-28(17-23)40-52-39-27)14-22-15-30(46-8)34(49-21(4)5)31(16-22)48-20(2)3/h10-13,15-18,20-21H,9,14,19H2,1-8H3,(H,38,43). The van der Waals surface area contributed by atoms with Crippen LogP contribution in [0.1, 0.15) is 51.3 Å². The van der Waals surface area contributed by atoms with E-state index in [1.165, 1.54) is 21.3 Å². The molecule has 1 aromatic heterocycles. The molecule has 1 amide bonds. The summed E-state index contributed by atoms with van der Waals surface area (Å²) in [4.78, 5) is 40.1. The van der Waals surface area contributed by atoms with Crippen LogP contribution in [0.4, 0.5) is 4.79 Å². The van der Waals surface area contributed by atoms with Crippen LogP contribution in [0, 0.1) is 0 Å². The molecule has 0 saturated heterocycles. The summed E-state index contributed by atoms with van der Waals surface area (Å²) >= 11 is 1.03. The van der Waals surface area contributed by atoms with E-state index in [-0.39, 0.29) is 47.7 Å². The molecule has 0 spiro atoms. The van der Waals surface area contributed by atoms with Crippen LogP contribution in [-0.2, 0) is 36.0 Å². The van der Waals surface area contributed by atoms with Gasteiger partial charge in [0.05, 0.1) is 63.0 Å². The number of hydrogen-bond donors (Lipinski definition) is 1. The Morgan fingerprint density at radius 3 is 2.25 bits per heavy atom. The first kappa shape index (κ1) is 37.7. The van der Waals surface area contributed by atoms with Crippen molar-refractivity contribution in [2.24, 2.45) is 0 Å².